The van der Waals surface area contributed by atoms with Crippen LogP contribution in [0.2, 0.25) is 0 Å². The van der Waals surface area contributed by atoms with Gasteiger partial charge in [0.25, 0.3) is 0 Å². The Kier molecular flexibility index (Phi) is 4.78. The van der Waals surface area contributed by atoms with Gasteiger partial charge in [-0.15, -0.1) is 0 Å². The van der Waals surface area contributed by atoms with Crippen molar-refractivity contribution in [2.75, 3.05) is 29.5 Å². The SMILES string of the molecule is CCCc1nc(N)c(C)c(N2CCSC(C)(C)CC2)n1. The van der Waals surface area contributed by atoms with Gasteiger partial charge < -0.3 is 10.6 Å². The number of hydrogen-bond acceptors (Lipinski definition) is 5. The van der Waals surface area contributed by atoms with E-state index in [2.05, 4.69) is 30.7 Å². The van der Waals surface area contributed by atoms with Gasteiger partial charge >= 0.3 is 0 Å². The first-order valence-corrected chi connectivity index (χ1v) is 8.43. The molecule has 1 fully saturated rings. The van der Waals surface area contributed by atoms with Crippen molar-refractivity contribution in [1.29, 1.82) is 0 Å². The van der Waals surface area contributed by atoms with Gasteiger partial charge in [0.05, 0.1) is 0 Å². The minimum atomic E-state index is 0.355. The Morgan fingerprint density at radius 3 is 2.75 bits per heavy atom. The van der Waals surface area contributed by atoms with Crippen LogP contribution in [-0.4, -0.2) is 33.6 Å². The van der Waals surface area contributed by atoms with E-state index in [9.17, 15) is 0 Å². The Bertz CT molecular complexity index is 473. The molecule has 1 aliphatic rings. The maximum Gasteiger partial charge on any atom is 0.137 e. The summed E-state index contributed by atoms with van der Waals surface area (Å²) >= 11 is 2.05. The number of aromatic nitrogens is 2. The van der Waals surface area contributed by atoms with E-state index in [0.717, 1.165) is 48.9 Å². The number of nitrogens with two attached hydrogens (primary N) is 1. The van der Waals surface area contributed by atoms with Crippen LogP contribution in [0.3, 0.4) is 0 Å². The molecule has 5 heteroatoms. The fraction of sp³-hybridized carbons (Fsp3) is 0.733. The second kappa shape index (κ2) is 6.20. The molecule has 0 bridgehead atoms. The second-order valence-electron chi connectivity index (χ2n) is 6.07. The van der Waals surface area contributed by atoms with E-state index in [1.165, 1.54) is 6.42 Å². The molecule has 0 spiro atoms. The van der Waals surface area contributed by atoms with Gasteiger partial charge in [0.2, 0.25) is 0 Å². The lowest BCUT2D eigenvalue weighted by Crippen LogP contribution is -2.29. The predicted octanol–water partition coefficient (Wildman–Crippen LogP) is 3.04. The smallest absolute Gasteiger partial charge is 0.137 e. The quantitative estimate of drug-likeness (QED) is 0.928. The summed E-state index contributed by atoms with van der Waals surface area (Å²) in [6, 6.07) is 0. The average Bonchev–Trinajstić information content (AvgIpc) is 2.55. The summed E-state index contributed by atoms with van der Waals surface area (Å²) in [5.41, 5.74) is 7.09. The van der Waals surface area contributed by atoms with Crippen LogP contribution in [-0.2, 0) is 6.42 Å². The molecule has 112 valence electrons. The van der Waals surface area contributed by atoms with Crippen molar-refractivity contribution in [2.24, 2.45) is 0 Å². The molecule has 2 N–H and O–H groups in total. The first kappa shape index (κ1) is 15.4. The van der Waals surface area contributed by atoms with Crippen LogP contribution < -0.4 is 10.6 Å². The van der Waals surface area contributed by atoms with E-state index in [1.54, 1.807) is 0 Å². The summed E-state index contributed by atoms with van der Waals surface area (Å²) in [6.45, 7) is 10.9. The number of aryl methyl sites for hydroxylation is 1. The molecule has 0 unspecified atom stereocenters. The van der Waals surface area contributed by atoms with Crippen molar-refractivity contribution in [2.45, 2.75) is 51.7 Å². The van der Waals surface area contributed by atoms with E-state index in [0.29, 0.717) is 10.6 Å². The third-order valence-corrected chi connectivity index (χ3v) is 5.19. The van der Waals surface area contributed by atoms with Crippen molar-refractivity contribution < 1.29 is 0 Å². The van der Waals surface area contributed by atoms with E-state index in [4.69, 9.17) is 10.7 Å². The molecule has 1 aromatic rings. The standard InChI is InChI=1S/C15H26N4S/c1-5-6-12-17-13(16)11(2)14(18-12)19-8-7-15(3,4)20-10-9-19/h5-10H2,1-4H3,(H2,16,17,18). The third kappa shape index (κ3) is 3.57. The van der Waals surface area contributed by atoms with E-state index < -0.39 is 0 Å². The summed E-state index contributed by atoms with van der Waals surface area (Å²) in [6.07, 6.45) is 3.11. The summed E-state index contributed by atoms with van der Waals surface area (Å²) in [5, 5.41) is 0. The highest BCUT2D eigenvalue weighted by Gasteiger charge is 2.25. The molecule has 0 radical (unpaired) electrons. The van der Waals surface area contributed by atoms with Gasteiger partial charge in [0.15, 0.2) is 0 Å². The predicted molar refractivity (Wildman–Crippen MR) is 88.5 cm³/mol. The monoisotopic (exact) mass is 294 g/mol. The molecule has 0 aliphatic carbocycles. The third-order valence-electron chi connectivity index (χ3n) is 3.82. The van der Waals surface area contributed by atoms with E-state index in [1.807, 2.05) is 18.7 Å². The summed E-state index contributed by atoms with van der Waals surface area (Å²) in [4.78, 5) is 11.5. The fourth-order valence-corrected chi connectivity index (χ4v) is 3.54. The first-order chi connectivity index (χ1) is 9.43. The Morgan fingerprint density at radius 1 is 1.30 bits per heavy atom. The van der Waals surface area contributed by atoms with Gasteiger partial charge in [0.1, 0.15) is 17.5 Å². The van der Waals surface area contributed by atoms with Crippen molar-refractivity contribution in [1.82, 2.24) is 9.97 Å². The number of anilines is 2. The number of nitrogen functional groups attached to an aromatic ring is 1. The van der Waals surface area contributed by atoms with Gasteiger partial charge in [-0.05, 0) is 19.8 Å². The van der Waals surface area contributed by atoms with Crippen LogP contribution in [0.1, 0.15) is 45.0 Å². The second-order valence-corrected chi connectivity index (χ2v) is 7.87. The maximum atomic E-state index is 6.07. The lowest BCUT2D eigenvalue weighted by molar-refractivity contribution is 0.633. The van der Waals surface area contributed by atoms with Gasteiger partial charge in [-0.3, -0.25) is 0 Å². The minimum absolute atomic E-state index is 0.355. The number of nitrogens with zero attached hydrogens (tertiary/aromatic N) is 3. The van der Waals surface area contributed by atoms with Crippen molar-refractivity contribution >= 4 is 23.4 Å². The van der Waals surface area contributed by atoms with E-state index in [-0.39, 0.29) is 0 Å². The van der Waals surface area contributed by atoms with Crippen molar-refractivity contribution in [3.8, 4) is 0 Å². The molecule has 2 rings (SSSR count). The Balaban J connectivity index is 2.27. The molecule has 0 amide bonds. The molecule has 1 aliphatic heterocycles. The Labute approximate surface area is 126 Å². The summed E-state index contributed by atoms with van der Waals surface area (Å²) in [7, 11) is 0. The van der Waals surface area contributed by atoms with Crippen LogP contribution in [0, 0.1) is 6.92 Å². The molecule has 0 atom stereocenters. The van der Waals surface area contributed by atoms with Crippen molar-refractivity contribution in [3.63, 3.8) is 0 Å². The van der Waals surface area contributed by atoms with Gasteiger partial charge in [-0.2, -0.15) is 11.8 Å². The van der Waals surface area contributed by atoms with Crippen LogP contribution in [0.25, 0.3) is 0 Å². The van der Waals surface area contributed by atoms with E-state index >= 15 is 0 Å². The molecular formula is C15H26N4S. The topological polar surface area (TPSA) is 55.0 Å². The number of hydrogen-bond donors (Lipinski definition) is 1. The largest absolute Gasteiger partial charge is 0.383 e. The van der Waals surface area contributed by atoms with Crippen LogP contribution in [0.15, 0.2) is 0 Å². The average molecular weight is 294 g/mol. The minimum Gasteiger partial charge on any atom is -0.383 e. The molecule has 0 saturated carbocycles. The lowest BCUT2D eigenvalue weighted by Gasteiger charge is -2.25. The summed E-state index contributed by atoms with van der Waals surface area (Å²) < 4.78 is 0.355. The van der Waals surface area contributed by atoms with Crippen LogP contribution in [0.5, 0.6) is 0 Å². The molecule has 1 aromatic heterocycles. The lowest BCUT2D eigenvalue weighted by atomic mass is 10.1. The zero-order valence-electron chi connectivity index (χ0n) is 13.1. The van der Waals surface area contributed by atoms with Gasteiger partial charge in [-0.1, -0.05) is 20.8 Å². The zero-order valence-corrected chi connectivity index (χ0v) is 13.9. The maximum absolute atomic E-state index is 6.07. The highest BCUT2D eigenvalue weighted by atomic mass is 32.2. The molecule has 2 heterocycles. The van der Waals surface area contributed by atoms with Gasteiger partial charge in [-0.25, -0.2) is 9.97 Å². The van der Waals surface area contributed by atoms with Crippen molar-refractivity contribution in [3.05, 3.63) is 11.4 Å². The first-order valence-electron chi connectivity index (χ1n) is 7.45. The fourth-order valence-electron chi connectivity index (χ4n) is 2.44. The number of thioether (sulfide) groups is 1. The normalized spacial score (nSPS) is 18.9. The highest BCUT2D eigenvalue weighted by molar-refractivity contribution is 8.00. The van der Waals surface area contributed by atoms with Crippen LogP contribution in [0.4, 0.5) is 11.6 Å². The molecule has 4 nitrogen and oxygen atoms in total. The highest BCUT2D eigenvalue weighted by Crippen LogP contribution is 2.33. The Hall–Kier alpha value is -0.970. The molecule has 0 aromatic carbocycles. The molecule has 20 heavy (non-hydrogen) atoms. The Morgan fingerprint density at radius 2 is 2.05 bits per heavy atom. The molecule has 1 saturated heterocycles. The van der Waals surface area contributed by atoms with Gasteiger partial charge in [0, 0.05) is 35.6 Å². The van der Waals surface area contributed by atoms with Crippen LogP contribution >= 0.6 is 11.8 Å². The summed E-state index contributed by atoms with van der Waals surface area (Å²) in [5.74, 6) is 3.69. The number of rotatable bonds is 3. The zero-order chi connectivity index (χ0) is 14.8. The molecular weight excluding hydrogens is 268 g/mol.